The van der Waals surface area contributed by atoms with E-state index in [-0.39, 0.29) is 6.04 Å². The van der Waals surface area contributed by atoms with Crippen LogP contribution in [0.3, 0.4) is 0 Å². The van der Waals surface area contributed by atoms with Gasteiger partial charge in [-0.1, -0.05) is 44.7 Å². The Labute approximate surface area is 75.7 Å². The van der Waals surface area contributed by atoms with E-state index in [1.54, 1.807) is 0 Å². The second-order valence-corrected chi connectivity index (χ2v) is 3.79. The Morgan fingerprint density at radius 3 is 2.42 bits per heavy atom. The first kappa shape index (κ1) is 11.6. The highest BCUT2D eigenvalue weighted by atomic mass is 16.3. The van der Waals surface area contributed by atoms with Crippen LogP contribution in [0.1, 0.15) is 52.9 Å². The zero-order valence-corrected chi connectivity index (χ0v) is 8.55. The highest BCUT2D eigenvalue weighted by Crippen LogP contribution is 2.15. The largest absolute Gasteiger partial charge is 0.151 e. The first-order chi connectivity index (χ1) is 5.70. The molecule has 0 N–H and O–H groups in total. The zero-order chi connectivity index (χ0) is 9.40. The molecule has 0 fully saturated rings. The average molecular weight is 171 g/mol. The van der Waals surface area contributed by atoms with Gasteiger partial charge in [-0.15, -0.1) is 0 Å². The quantitative estimate of drug-likeness (QED) is 0.423. The molecule has 0 aliphatic rings. The van der Waals surface area contributed by atoms with Gasteiger partial charge in [0.1, 0.15) is 0 Å². The highest BCUT2D eigenvalue weighted by molar-refractivity contribution is 4.63. The van der Waals surface area contributed by atoms with Gasteiger partial charge < -0.3 is 0 Å². The number of hydrogen-bond acceptors (Lipinski definition) is 2. The molecule has 0 saturated carbocycles. The van der Waals surface area contributed by atoms with Crippen molar-refractivity contribution < 1.29 is 0 Å². The number of rotatable bonds is 7. The SMILES string of the molecule is CCCCCC(C)C[C@H](C)N=O. The summed E-state index contributed by atoms with van der Waals surface area (Å²) in [5.41, 5.74) is 0. The molecule has 0 heterocycles. The van der Waals surface area contributed by atoms with Crippen molar-refractivity contribution in [2.24, 2.45) is 11.1 Å². The van der Waals surface area contributed by atoms with Gasteiger partial charge in [0.15, 0.2) is 0 Å². The third-order valence-corrected chi connectivity index (χ3v) is 2.22. The summed E-state index contributed by atoms with van der Waals surface area (Å²) < 4.78 is 0. The molecule has 0 saturated heterocycles. The molecule has 0 aromatic heterocycles. The Balaban J connectivity index is 3.32. The van der Waals surface area contributed by atoms with Crippen molar-refractivity contribution in [2.45, 2.75) is 58.9 Å². The third-order valence-electron chi connectivity index (χ3n) is 2.22. The molecule has 0 radical (unpaired) electrons. The van der Waals surface area contributed by atoms with Gasteiger partial charge in [-0.2, -0.15) is 4.91 Å². The summed E-state index contributed by atoms with van der Waals surface area (Å²) in [5.74, 6) is 0.657. The summed E-state index contributed by atoms with van der Waals surface area (Å²) in [5, 5.41) is 3.01. The summed E-state index contributed by atoms with van der Waals surface area (Å²) in [6.45, 7) is 6.31. The summed E-state index contributed by atoms with van der Waals surface area (Å²) in [6, 6.07) is 0.00151. The molecule has 12 heavy (non-hydrogen) atoms. The van der Waals surface area contributed by atoms with Crippen LogP contribution >= 0.6 is 0 Å². The molecule has 0 aliphatic heterocycles. The van der Waals surface area contributed by atoms with E-state index in [2.05, 4.69) is 19.0 Å². The van der Waals surface area contributed by atoms with Gasteiger partial charge in [0.2, 0.25) is 0 Å². The molecule has 2 atom stereocenters. The van der Waals surface area contributed by atoms with Gasteiger partial charge in [-0.3, -0.25) is 0 Å². The maximum absolute atomic E-state index is 10.1. The van der Waals surface area contributed by atoms with Crippen LogP contribution in [0, 0.1) is 10.8 Å². The van der Waals surface area contributed by atoms with E-state index in [1.807, 2.05) is 6.92 Å². The van der Waals surface area contributed by atoms with Gasteiger partial charge >= 0.3 is 0 Å². The van der Waals surface area contributed by atoms with Crippen LogP contribution in [0.15, 0.2) is 5.18 Å². The van der Waals surface area contributed by atoms with E-state index >= 15 is 0 Å². The predicted octanol–water partition coefficient (Wildman–Crippen LogP) is 3.75. The lowest BCUT2D eigenvalue weighted by Crippen LogP contribution is -2.05. The fourth-order valence-electron chi connectivity index (χ4n) is 1.49. The van der Waals surface area contributed by atoms with Crippen LogP contribution in [0.25, 0.3) is 0 Å². The summed E-state index contributed by atoms with van der Waals surface area (Å²) in [6.07, 6.45) is 6.08. The summed E-state index contributed by atoms with van der Waals surface area (Å²) >= 11 is 0. The first-order valence-corrected chi connectivity index (χ1v) is 5.03. The minimum Gasteiger partial charge on any atom is -0.151 e. The standard InChI is InChI=1S/C10H21NO/c1-4-5-6-7-9(2)8-10(3)11-12/h9-10H,4-8H2,1-3H3/t9?,10-/m0/s1. The van der Waals surface area contributed by atoms with Gasteiger partial charge in [-0.05, 0) is 19.3 Å². The number of nitroso groups, excluding NO2 is 1. The Hall–Kier alpha value is -0.400. The van der Waals surface area contributed by atoms with Gasteiger partial charge in [0.05, 0.1) is 6.04 Å². The molecule has 2 nitrogen and oxygen atoms in total. The second kappa shape index (κ2) is 7.26. The lowest BCUT2D eigenvalue weighted by molar-refractivity contribution is 0.432. The highest BCUT2D eigenvalue weighted by Gasteiger charge is 2.07. The molecular weight excluding hydrogens is 150 g/mol. The Kier molecular flexibility index (Phi) is 7.02. The first-order valence-electron chi connectivity index (χ1n) is 5.03. The Morgan fingerprint density at radius 2 is 1.92 bits per heavy atom. The van der Waals surface area contributed by atoms with E-state index in [1.165, 1.54) is 25.7 Å². The molecule has 0 aromatic carbocycles. The molecule has 0 spiro atoms. The average Bonchev–Trinajstić information content (AvgIpc) is 2.05. The molecule has 2 heteroatoms. The van der Waals surface area contributed by atoms with E-state index < -0.39 is 0 Å². The summed E-state index contributed by atoms with van der Waals surface area (Å²) in [7, 11) is 0. The van der Waals surface area contributed by atoms with Crippen LogP contribution in [0.4, 0.5) is 0 Å². The van der Waals surface area contributed by atoms with E-state index in [0.29, 0.717) is 5.92 Å². The van der Waals surface area contributed by atoms with Crippen molar-refractivity contribution in [3.63, 3.8) is 0 Å². The lowest BCUT2D eigenvalue weighted by Gasteiger charge is -2.11. The number of hydrogen-bond donors (Lipinski definition) is 0. The lowest BCUT2D eigenvalue weighted by atomic mass is 9.97. The predicted molar refractivity (Wildman–Crippen MR) is 53.2 cm³/mol. The maximum atomic E-state index is 10.1. The topological polar surface area (TPSA) is 29.4 Å². The van der Waals surface area contributed by atoms with Gasteiger partial charge in [-0.25, -0.2) is 0 Å². The zero-order valence-electron chi connectivity index (χ0n) is 8.55. The van der Waals surface area contributed by atoms with Crippen molar-refractivity contribution in [3.05, 3.63) is 4.91 Å². The molecule has 0 rings (SSSR count). The van der Waals surface area contributed by atoms with Crippen LogP contribution in [-0.2, 0) is 0 Å². The maximum Gasteiger partial charge on any atom is 0.0894 e. The number of nitrogens with zero attached hydrogens (tertiary/aromatic N) is 1. The molecule has 0 bridgehead atoms. The van der Waals surface area contributed by atoms with Gasteiger partial charge in [0, 0.05) is 0 Å². The van der Waals surface area contributed by atoms with Gasteiger partial charge in [0.25, 0.3) is 0 Å². The van der Waals surface area contributed by atoms with Crippen LogP contribution in [0.2, 0.25) is 0 Å². The van der Waals surface area contributed by atoms with Crippen LogP contribution < -0.4 is 0 Å². The second-order valence-electron chi connectivity index (χ2n) is 3.79. The monoisotopic (exact) mass is 171 g/mol. The molecule has 0 aromatic rings. The smallest absolute Gasteiger partial charge is 0.0894 e. The summed E-state index contributed by atoms with van der Waals surface area (Å²) in [4.78, 5) is 10.1. The third kappa shape index (κ3) is 6.32. The van der Waals surface area contributed by atoms with Crippen molar-refractivity contribution in [1.29, 1.82) is 0 Å². The molecule has 72 valence electrons. The van der Waals surface area contributed by atoms with Crippen LogP contribution in [-0.4, -0.2) is 6.04 Å². The normalized spacial score (nSPS) is 15.6. The molecular formula is C10H21NO. The van der Waals surface area contributed by atoms with Crippen molar-refractivity contribution in [1.82, 2.24) is 0 Å². The number of unbranched alkanes of at least 4 members (excludes halogenated alkanes) is 2. The van der Waals surface area contributed by atoms with Crippen molar-refractivity contribution in [3.8, 4) is 0 Å². The Bertz CT molecular complexity index is 114. The molecule has 0 aliphatic carbocycles. The van der Waals surface area contributed by atoms with Crippen molar-refractivity contribution in [2.75, 3.05) is 0 Å². The Morgan fingerprint density at radius 1 is 1.25 bits per heavy atom. The fraction of sp³-hybridized carbons (Fsp3) is 1.00. The minimum atomic E-state index is 0.00151. The van der Waals surface area contributed by atoms with E-state index in [4.69, 9.17) is 0 Å². The van der Waals surface area contributed by atoms with E-state index in [9.17, 15) is 4.91 Å². The van der Waals surface area contributed by atoms with Crippen LogP contribution in [0.5, 0.6) is 0 Å². The van der Waals surface area contributed by atoms with E-state index in [0.717, 1.165) is 6.42 Å². The van der Waals surface area contributed by atoms with Crippen molar-refractivity contribution >= 4 is 0 Å². The molecule has 1 unspecified atom stereocenters. The fourth-order valence-corrected chi connectivity index (χ4v) is 1.49. The minimum absolute atomic E-state index is 0.00151. The molecule has 0 amide bonds.